The predicted octanol–water partition coefficient (Wildman–Crippen LogP) is 7.79. The van der Waals surface area contributed by atoms with Gasteiger partial charge in [0.1, 0.15) is 6.04 Å². The molecular formula is C32H38ClNO4S. The van der Waals surface area contributed by atoms with Gasteiger partial charge in [-0.05, 0) is 83.9 Å². The molecule has 0 spiro atoms. The standard InChI is InChI=1S/C32H38ClNO4S/c1-5-6-14-30(24-11-9-12-25(33)20-24)38-21-23-15-16-27(28(19-23)26-13-8-7-10-22(26)2)31(35)34-29(17-18-39-4)32(36)37-3/h7-13,15-16,19-20,29-30H,5-6,14,17-18,21H2,1-4H3,(H,34,35)/t29-,30?/m0/s1. The molecule has 208 valence electrons. The third-order valence-electron chi connectivity index (χ3n) is 6.66. The average Bonchev–Trinajstić information content (AvgIpc) is 2.95. The number of esters is 1. The molecule has 3 rings (SSSR count). The zero-order valence-corrected chi connectivity index (χ0v) is 24.7. The van der Waals surface area contributed by atoms with Crippen LogP contribution in [0.15, 0.2) is 66.7 Å². The molecule has 1 unspecified atom stereocenters. The van der Waals surface area contributed by atoms with Gasteiger partial charge in [0.05, 0.1) is 19.8 Å². The zero-order valence-electron chi connectivity index (χ0n) is 23.2. The minimum absolute atomic E-state index is 0.0780. The van der Waals surface area contributed by atoms with Crippen molar-refractivity contribution in [3.05, 3.63) is 94.0 Å². The van der Waals surface area contributed by atoms with Crippen LogP contribution >= 0.6 is 23.4 Å². The summed E-state index contributed by atoms with van der Waals surface area (Å²) in [6, 6.07) is 20.8. The van der Waals surface area contributed by atoms with Crippen molar-refractivity contribution in [1.29, 1.82) is 0 Å². The Labute approximate surface area is 241 Å². The van der Waals surface area contributed by atoms with Crippen LogP contribution in [-0.4, -0.2) is 37.0 Å². The smallest absolute Gasteiger partial charge is 0.328 e. The normalized spacial score (nSPS) is 12.5. The van der Waals surface area contributed by atoms with E-state index in [0.717, 1.165) is 52.8 Å². The van der Waals surface area contributed by atoms with Crippen LogP contribution in [0.5, 0.6) is 0 Å². The lowest BCUT2D eigenvalue weighted by molar-refractivity contribution is -0.142. The third-order valence-corrected chi connectivity index (χ3v) is 7.54. The van der Waals surface area contributed by atoms with Gasteiger partial charge in [0, 0.05) is 10.6 Å². The second kappa shape index (κ2) is 15.7. The first-order valence-electron chi connectivity index (χ1n) is 13.3. The predicted molar refractivity (Wildman–Crippen MR) is 161 cm³/mol. The summed E-state index contributed by atoms with van der Waals surface area (Å²) in [5.41, 5.74) is 5.33. The number of thioether (sulfide) groups is 1. The monoisotopic (exact) mass is 567 g/mol. The first kappa shape index (κ1) is 30.7. The van der Waals surface area contributed by atoms with Crippen molar-refractivity contribution in [3.8, 4) is 11.1 Å². The molecule has 1 amide bonds. The number of aryl methyl sites for hydroxylation is 1. The van der Waals surface area contributed by atoms with Gasteiger partial charge in [0.2, 0.25) is 0 Å². The maximum absolute atomic E-state index is 13.5. The van der Waals surface area contributed by atoms with Gasteiger partial charge in [-0.1, -0.05) is 73.8 Å². The minimum atomic E-state index is -0.709. The molecule has 0 aliphatic carbocycles. The molecular weight excluding hydrogens is 530 g/mol. The van der Waals surface area contributed by atoms with Gasteiger partial charge >= 0.3 is 5.97 Å². The van der Waals surface area contributed by atoms with E-state index in [4.69, 9.17) is 21.1 Å². The molecule has 3 aromatic rings. The van der Waals surface area contributed by atoms with E-state index < -0.39 is 12.0 Å². The van der Waals surface area contributed by atoms with Gasteiger partial charge in [-0.3, -0.25) is 4.79 Å². The van der Waals surface area contributed by atoms with Crippen molar-refractivity contribution in [3.63, 3.8) is 0 Å². The van der Waals surface area contributed by atoms with Gasteiger partial charge in [0.25, 0.3) is 5.91 Å². The first-order valence-corrected chi connectivity index (χ1v) is 15.1. The van der Waals surface area contributed by atoms with Crippen LogP contribution in [0.2, 0.25) is 5.02 Å². The molecule has 39 heavy (non-hydrogen) atoms. The molecule has 0 aromatic heterocycles. The van der Waals surface area contributed by atoms with Gasteiger partial charge in [-0.2, -0.15) is 11.8 Å². The minimum Gasteiger partial charge on any atom is -0.467 e. The highest BCUT2D eigenvalue weighted by Gasteiger charge is 2.24. The summed E-state index contributed by atoms with van der Waals surface area (Å²) in [6.07, 6.45) is 5.40. The Bertz CT molecular complexity index is 1250. The molecule has 7 heteroatoms. The SMILES string of the molecule is CCCCC(OCc1ccc(C(=O)N[C@@H](CCSC)C(=O)OC)c(-c2ccccc2C)c1)c1cccc(Cl)c1. The summed E-state index contributed by atoms with van der Waals surface area (Å²) in [5.74, 6) is -0.0248. The Morgan fingerprint density at radius 3 is 2.49 bits per heavy atom. The van der Waals surface area contributed by atoms with Crippen LogP contribution in [-0.2, 0) is 20.9 Å². The maximum atomic E-state index is 13.5. The average molecular weight is 568 g/mol. The van der Waals surface area contributed by atoms with Crippen LogP contribution in [0.4, 0.5) is 0 Å². The number of nitrogens with one attached hydrogen (secondary N) is 1. The Morgan fingerprint density at radius 1 is 1.00 bits per heavy atom. The van der Waals surface area contributed by atoms with Crippen LogP contribution in [0.1, 0.15) is 65.8 Å². The van der Waals surface area contributed by atoms with E-state index >= 15 is 0 Å². The van der Waals surface area contributed by atoms with Crippen molar-refractivity contribution in [2.45, 2.75) is 58.3 Å². The first-order chi connectivity index (χ1) is 18.9. The second-order valence-corrected chi connectivity index (χ2v) is 10.9. The molecule has 0 aliphatic heterocycles. The van der Waals surface area contributed by atoms with Crippen LogP contribution in [0, 0.1) is 6.92 Å². The highest BCUT2D eigenvalue weighted by Crippen LogP contribution is 2.31. The van der Waals surface area contributed by atoms with E-state index in [1.54, 1.807) is 11.8 Å². The Kier molecular flexibility index (Phi) is 12.4. The van der Waals surface area contributed by atoms with E-state index in [-0.39, 0.29) is 12.0 Å². The molecule has 5 nitrogen and oxygen atoms in total. The third kappa shape index (κ3) is 8.85. The van der Waals surface area contributed by atoms with Crippen molar-refractivity contribution in [2.24, 2.45) is 0 Å². The Balaban J connectivity index is 1.91. The lowest BCUT2D eigenvalue weighted by Crippen LogP contribution is -2.42. The Morgan fingerprint density at radius 2 is 1.79 bits per heavy atom. The number of amides is 1. The summed E-state index contributed by atoms with van der Waals surface area (Å²) in [7, 11) is 1.34. The number of methoxy groups -OCH3 is 1. The number of carbonyl (C=O) groups excluding carboxylic acids is 2. The number of hydrogen-bond acceptors (Lipinski definition) is 5. The summed E-state index contributed by atoms with van der Waals surface area (Å²) in [5, 5.41) is 3.59. The number of halogens is 1. The van der Waals surface area contributed by atoms with Gasteiger partial charge in [0.15, 0.2) is 0 Å². The molecule has 3 aromatic carbocycles. The van der Waals surface area contributed by atoms with Crippen LogP contribution < -0.4 is 5.32 Å². The van der Waals surface area contributed by atoms with E-state index in [1.807, 2.05) is 79.9 Å². The largest absolute Gasteiger partial charge is 0.467 e. The lowest BCUT2D eigenvalue weighted by Gasteiger charge is -2.20. The summed E-state index contributed by atoms with van der Waals surface area (Å²) in [4.78, 5) is 25.8. The topological polar surface area (TPSA) is 64.6 Å². The van der Waals surface area contributed by atoms with E-state index in [9.17, 15) is 9.59 Å². The molecule has 0 bridgehead atoms. The fraction of sp³-hybridized carbons (Fsp3) is 0.375. The highest BCUT2D eigenvalue weighted by atomic mass is 35.5. The van der Waals surface area contributed by atoms with Crippen molar-refractivity contribution >= 4 is 35.2 Å². The van der Waals surface area contributed by atoms with Gasteiger partial charge in [-0.25, -0.2) is 4.79 Å². The number of unbranched alkanes of at least 4 members (excludes halogenated alkanes) is 1. The van der Waals surface area contributed by atoms with E-state index in [0.29, 0.717) is 23.6 Å². The van der Waals surface area contributed by atoms with Gasteiger partial charge < -0.3 is 14.8 Å². The number of rotatable bonds is 14. The van der Waals surface area contributed by atoms with Crippen LogP contribution in [0.3, 0.4) is 0 Å². The maximum Gasteiger partial charge on any atom is 0.328 e. The molecule has 1 N–H and O–H groups in total. The number of hydrogen-bond donors (Lipinski definition) is 1. The van der Waals surface area contributed by atoms with E-state index in [2.05, 4.69) is 12.2 Å². The van der Waals surface area contributed by atoms with Gasteiger partial charge in [-0.15, -0.1) is 0 Å². The second-order valence-electron chi connectivity index (χ2n) is 9.52. The molecule has 0 heterocycles. The van der Waals surface area contributed by atoms with Crippen LogP contribution in [0.25, 0.3) is 11.1 Å². The highest BCUT2D eigenvalue weighted by molar-refractivity contribution is 7.98. The van der Waals surface area contributed by atoms with E-state index in [1.165, 1.54) is 7.11 Å². The number of benzene rings is 3. The molecule has 0 saturated heterocycles. The number of ether oxygens (including phenoxy) is 2. The quantitative estimate of drug-likeness (QED) is 0.201. The molecule has 0 fully saturated rings. The summed E-state index contributed by atoms with van der Waals surface area (Å²) < 4.78 is 11.4. The lowest BCUT2D eigenvalue weighted by atomic mass is 9.93. The Hall–Kier alpha value is -2.80. The van der Waals surface area contributed by atoms with Crippen molar-refractivity contribution < 1.29 is 19.1 Å². The molecule has 0 radical (unpaired) electrons. The van der Waals surface area contributed by atoms with Crippen molar-refractivity contribution in [2.75, 3.05) is 19.1 Å². The summed E-state index contributed by atoms with van der Waals surface area (Å²) in [6.45, 7) is 4.58. The molecule has 0 saturated carbocycles. The zero-order chi connectivity index (χ0) is 28.2. The summed E-state index contributed by atoms with van der Waals surface area (Å²) >= 11 is 7.88. The molecule has 0 aliphatic rings. The van der Waals surface area contributed by atoms with Crippen molar-refractivity contribution in [1.82, 2.24) is 5.32 Å². The fourth-order valence-electron chi connectivity index (χ4n) is 4.48. The fourth-order valence-corrected chi connectivity index (χ4v) is 5.15. The number of carbonyl (C=O) groups is 2. The molecule has 2 atom stereocenters.